The molecule has 0 aliphatic rings. The molecular weight excluding hydrogens is 434 g/mol. The van der Waals surface area contributed by atoms with E-state index < -0.39 is 23.6 Å². The Hall–Kier alpha value is -3.34. The van der Waals surface area contributed by atoms with E-state index in [4.69, 9.17) is 6.42 Å². The zero-order valence-electron chi connectivity index (χ0n) is 18.9. The van der Waals surface area contributed by atoms with E-state index in [1.165, 1.54) is 18.2 Å². The molecule has 0 spiro atoms. The van der Waals surface area contributed by atoms with Crippen molar-refractivity contribution in [2.75, 3.05) is 12.4 Å². The van der Waals surface area contributed by atoms with Gasteiger partial charge in [0.25, 0.3) is 0 Å². The fourth-order valence-corrected chi connectivity index (χ4v) is 3.46. The van der Waals surface area contributed by atoms with Crippen LogP contribution in [0.5, 0.6) is 0 Å². The minimum Gasteiger partial charge on any atom is -0.385 e. The minimum atomic E-state index is -4.54. The van der Waals surface area contributed by atoms with Crippen molar-refractivity contribution in [2.45, 2.75) is 52.3 Å². The lowest BCUT2D eigenvalue weighted by Gasteiger charge is -2.15. The summed E-state index contributed by atoms with van der Waals surface area (Å²) in [6.07, 6.45) is 4.40. The van der Waals surface area contributed by atoms with Gasteiger partial charge in [-0.05, 0) is 47.7 Å². The summed E-state index contributed by atoms with van der Waals surface area (Å²) < 4.78 is 53.5. The second-order valence-corrected chi connectivity index (χ2v) is 7.47. The third-order valence-electron chi connectivity index (χ3n) is 4.94. The fraction of sp³-hybridized carbons (Fsp3) is 0.360. The summed E-state index contributed by atoms with van der Waals surface area (Å²) >= 11 is 0. The molecular formula is C25H27F4N3O. The second-order valence-electron chi connectivity index (χ2n) is 7.47. The van der Waals surface area contributed by atoms with Crippen LogP contribution >= 0.6 is 0 Å². The third kappa shape index (κ3) is 6.82. The Morgan fingerprint density at radius 2 is 1.94 bits per heavy atom. The van der Waals surface area contributed by atoms with Crippen molar-refractivity contribution in [1.82, 2.24) is 10.3 Å². The van der Waals surface area contributed by atoms with Gasteiger partial charge in [-0.2, -0.15) is 13.2 Å². The molecule has 2 aromatic rings. The van der Waals surface area contributed by atoms with E-state index in [-0.39, 0.29) is 12.2 Å². The van der Waals surface area contributed by atoms with Crippen LogP contribution in [-0.2, 0) is 23.9 Å². The molecule has 176 valence electrons. The van der Waals surface area contributed by atoms with Gasteiger partial charge in [0.15, 0.2) is 0 Å². The fourth-order valence-electron chi connectivity index (χ4n) is 3.46. The number of hydrogen-bond acceptors (Lipinski definition) is 3. The molecule has 33 heavy (non-hydrogen) atoms. The number of benzene rings is 1. The Kier molecular flexibility index (Phi) is 9.03. The number of carbonyl (C=O) groups is 1. The molecule has 0 unspecified atom stereocenters. The Labute approximate surface area is 191 Å². The Morgan fingerprint density at radius 3 is 2.52 bits per heavy atom. The molecule has 1 heterocycles. The first-order valence-corrected chi connectivity index (χ1v) is 10.7. The molecule has 1 aromatic heterocycles. The molecule has 1 aromatic carbocycles. The van der Waals surface area contributed by atoms with Gasteiger partial charge in [0.1, 0.15) is 11.5 Å². The Bertz CT molecular complexity index is 1070. The van der Waals surface area contributed by atoms with E-state index in [1.807, 2.05) is 13.8 Å². The molecule has 2 N–H and O–H groups in total. The van der Waals surface area contributed by atoms with Gasteiger partial charge < -0.3 is 10.6 Å². The van der Waals surface area contributed by atoms with Crippen molar-refractivity contribution in [3.05, 3.63) is 64.2 Å². The topological polar surface area (TPSA) is 54.0 Å². The zero-order valence-corrected chi connectivity index (χ0v) is 18.9. The number of nitrogens with one attached hydrogen (secondary N) is 2. The minimum absolute atomic E-state index is 0.0391. The van der Waals surface area contributed by atoms with Crippen LogP contribution in [-0.4, -0.2) is 17.9 Å². The van der Waals surface area contributed by atoms with E-state index >= 15 is 0 Å². The van der Waals surface area contributed by atoms with Crippen LogP contribution in [0, 0.1) is 18.2 Å². The van der Waals surface area contributed by atoms with Gasteiger partial charge >= 0.3 is 6.18 Å². The predicted molar refractivity (Wildman–Crippen MR) is 122 cm³/mol. The second kappa shape index (κ2) is 11.5. The number of amides is 1. The Morgan fingerprint density at radius 1 is 1.21 bits per heavy atom. The first-order valence-electron chi connectivity index (χ1n) is 10.7. The summed E-state index contributed by atoms with van der Waals surface area (Å²) in [5.41, 5.74) is 1.51. The number of carbonyl (C=O) groups excluding carboxylic acids is 1. The van der Waals surface area contributed by atoms with E-state index in [2.05, 4.69) is 21.5 Å². The van der Waals surface area contributed by atoms with E-state index in [0.29, 0.717) is 53.6 Å². The van der Waals surface area contributed by atoms with Crippen molar-refractivity contribution >= 4 is 17.2 Å². The zero-order chi connectivity index (χ0) is 24.6. The molecule has 0 saturated carbocycles. The van der Waals surface area contributed by atoms with Crippen LogP contribution in [0.4, 0.5) is 23.2 Å². The number of nitrogens with zero attached hydrogens (tertiary/aromatic N) is 1. The Balaban J connectivity index is 2.30. The van der Waals surface area contributed by atoms with Gasteiger partial charge in [-0.3, -0.25) is 4.79 Å². The van der Waals surface area contributed by atoms with Crippen molar-refractivity contribution in [1.29, 1.82) is 0 Å². The van der Waals surface area contributed by atoms with Crippen LogP contribution in [0.2, 0.25) is 0 Å². The van der Waals surface area contributed by atoms with Crippen molar-refractivity contribution in [3.8, 4) is 12.3 Å². The predicted octanol–water partition coefficient (Wildman–Crippen LogP) is 5.71. The highest BCUT2D eigenvalue weighted by Crippen LogP contribution is 2.31. The SMILES string of the molecule is C#Cc1cc(CNC(=O)/C=C(/CCC)c2ccc(C(F)(F)F)nc2CCC)cc(F)c1NC. The summed E-state index contributed by atoms with van der Waals surface area (Å²) in [6, 6.07) is 5.19. The van der Waals surface area contributed by atoms with Crippen molar-refractivity contribution < 1.29 is 22.4 Å². The van der Waals surface area contributed by atoms with E-state index in [0.717, 1.165) is 6.07 Å². The number of terminal acetylenes is 1. The summed E-state index contributed by atoms with van der Waals surface area (Å²) in [5, 5.41) is 5.39. The average Bonchev–Trinajstić information content (AvgIpc) is 2.76. The number of aryl methyl sites for hydroxylation is 1. The molecule has 4 nitrogen and oxygen atoms in total. The lowest BCUT2D eigenvalue weighted by Crippen LogP contribution is -2.21. The number of halogens is 4. The van der Waals surface area contributed by atoms with Crippen LogP contribution in [0.3, 0.4) is 0 Å². The number of allylic oxidation sites excluding steroid dienone is 1. The third-order valence-corrected chi connectivity index (χ3v) is 4.94. The van der Waals surface area contributed by atoms with Gasteiger partial charge in [-0.15, -0.1) is 6.42 Å². The summed E-state index contributed by atoms with van der Waals surface area (Å²) in [7, 11) is 1.56. The van der Waals surface area contributed by atoms with Gasteiger partial charge in [0, 0.05) is 25.4 Å². The van der Waals surface area contributed by atoms with Gasteiger partial charge in [-0.1, -0.05) is 38.7 Å². The average molecular weight is 462 g/mol. The van der Waals surface area contributed by atoms with Crippen molar-refractivity contribution in [3.63, 3.8) is 0 Å². The molecule has 2 rings (SSSR count). The number of alkyl halides is 3. The van der Waals surface area contributed by atoms with Crippen LogP contribution in [0.15, 0.2) is 30.3 Å². The lowest BCUT2D eigenvalue weighted by molar-refractivity contribution is -0.141. The lowest BCUT2D eigenvalue weighted by atomic mass is 9.96. The number of hydrogen-bond donors (Lipinski definition) is 2. The molecule has 1 amide bonds. The van der Waals surface area contributed by atoms with E-state index in [9.17, 15) is 22.4 Å². The van der Waals surface area contributed by atoms with Gasteiger partial charge in [0.05, 0.1) is 11.3 Å². The van der Waals surface area contributed by atoms with Crippen LogP contribution < -0.4 is 10.6 Å². The maximum atomic E-state index is 14.2. The smallest absolute Gasteiger partial charge is 0.385 e. The monoisotopic (exact) mass is 461 g/mol. The molecule has 0 radical (unpaired) electrons. The highest BCUT2D eigenvalue weighted by molar-refractivity contribution is 5.95. The molecule has 0 aliphatic carbocycles. The maximum Gasteiger partial charge on any atom is 0.433 e. The maximum absolute atomic E-state index is 14.2. The standard InChI is InChI=1S/C25H27F4N3O/c1-5-8-18(19-10-11-22(25(27,28)29)32-21(19)9-6-2)14-23(33)31-15-16-12-17(7-3)24(30-4)20(26)13-16/h3,10-14,30H,5-6,8-9,15H2,1-2,4H3,(H,31,33)/b18-14-. The number of rotatable bonds is 9. The molecule has 0 bridgehead atoms. The molecule has 0 aliphatic heterocycles. The molecule has 0 atom stereocenters. The highest BCUT2D eigenvalue weighted by atomic mass is 19.4. The highest BCUT2D eigenvalue weighted by Gasteiger charge is 2.33. The summed E-state index contributed by atoms with van der Waals surface area (Å²) in [4.78, 5) is 16.4. The van der Waals surface area contributed by atoms with E-state index in [1.54, 1.807) is 13.1 Å². The first-order chi connectivity index (χ1) is 15.6. The number of anilines is 1. The molecule has 0 saturated heterocycles. The number of pyridine rings is 1. The quantitative estimate of drug-likeness (QED) is 0.286. The van der Waals surface area contributed by atoms with Gasteiger partial charge in [-0.25, -0.2) is 9.37 Å². The van der Waals surface area contributed by atoms with Crippen LogP contribution in [0.25, 0.3) is 5.57 Å². The molecule has 0 fully saturated rings. The molecule has 8 heteroatoms. The van der Waals surface area contributed by atoms with Crippen molar-refractivity contribution in [2.24, 2.45) is 0 Å². The number of aromatic nitrogens is 1. The van der Waals surface area contributed by atoms with Gasteiger partial charge in [0.2, 0.25) is 5.91 Å². The largest absolute Gasteiger partial charge is 0.433 e. The first kappa shape index (κ1) is 25.9. The normalized spacial score (nSPS) is 11.8. The summed E-state index contributed by atoms with van der Waals surface area (Å²) in [6.45, 7) is 3.80. The summed E-state index contributed by atoms with van der Waals surface area (Å²) in [5.74, 6) is 1.43. The van der Waals surface area contributed by atoms with Crippen LogP contribution in [0.1, 0.15) is 61.2 Å².